The Morgan fingerprint density at radius 2 is 1.81 bits per heavy atom. The van der Waals surface area contributed by atoms with Crippen LogP contribution in [0.2, 0.25) is 0 Å². The number of nitrogens with one attached hydrogen (secondary N) is 1. The second-order valence-electron chi connectivity index (χ2n) is 4.42. The predicted molar refractivity (Wildman–Crippen MR) is 76.5 cm³/mol. The van der Waals surface area contributed by atoms with Gasteiger partial charge in [0.1, 0.15) is 5.82 Å². The summed E-state index contributed by atoms with van der Waals surface area (Å²) in [6, 6.07) is 11.2. The Hall–Kier alpha value is -2.25. The first-order valence-electron chi connectivity index (χ1n) is 6.02. The lowest BCUT2D eigenvalue weighted by molar-refractivity contribution is -0.115. The van der Waals surface area contributed by atoms with Crippen molar-refractivity contribution < 1.29 is 17.6 Å². The fraction of sp³-hybridized carbons (Fsp3) is 0.0714. The second-order valence-corrected chi connectivity index (χ2v) is 5.99. The molecule has 0 spiro atoms. The molecule has 0 fully saturated rings. The summed E-state index contributed by atoms with van der Waals surface area (Å²) in [5.74, 6) is -0.734. The molecule has 110 valence electrons. The summed E-state index contributed by atoms with van der Waals surface area (Å²) in [6.07, 6.45) is 0.0225. The molecule has 1 amide bonds. The smallest absolute Gasteiger partial charge is 0.238 e. The summed E-state index contributed by atoms with van der Waals surface area (Å²) < 4.78 is 35.2. The monoisotopic (exact) mass is 308 g/mol. The summed E-state index contributed by atoms with van der Waals surface area (Å²) in [5.41, 5.74) is 0.984. The molecule has 0 aliphatic heterocycles. The first-order chi connectivity index (χ1) is 9.84. The van der Waals surface area contributed by atoms with Crippen LogP contribution in [0.15, 0.2) is 53.4 Å². The molecule has 21 heavy (non-hydrogen) atoms. The number of primary sulfonamides is 1. The van der Waals surface area contributed by atoms with Gasteiger partial charge in [0.2, 0.25) is 15.9 Å². The molecule has 3 N–H and O–H groups in total. The van der Waals surface area contributed by atoms with Gasteiger partial charge < -0.3 is 5.32 Å². The van der Waals surface area contributed by atoms with Crippen LogP contribution < -0.4 is 10.5 Å². The Morgan fingerprint density at radius 1 is 1.14 bits per heavy atom. The molecule has 0 bridgehead atoms. The molecule has 2 rings (SSSR count). The van der Waals surface area contributed by atoms with Crippen molar-refractivity contribution in [2.24, 2.45) is 5.14 Å². The van der Waals surface area contributed by atoms with E-state index in [1.54, 1.807) is 6.07 Å². The van der Waals surface area contributed by atoms with E-state index in [9.17, 15) is 17.6 Å². The van der Waals surface area contributed by atoms with E-state index in [-0.39, 0.29) is 17.2 Å². The lowest BCUT2D eigenvalue weighted by atomic mass is 10.1. The van der Waals surface area contributed by atoms with E-state index in [0.29, 0.717) is 11.3 Å². The Kier molecular flexibility index (Phi) is 4.35. The zero-order valence-corrected chi connectivity index (χ0v) is 11.7. The van der Waals surface area contributed by atoms with E-state index < -0.39 is 15.8 Å². The molecule has 2 aromatic carbocycles. The van der Waals surface area contributed by atoms with Gasteiger partial charge in [0.25, 0.3) is 0 Å². The van der Waals surface area contributed by atoms with Gasteiger partial charge in [0, 0.05) is 5.69 Å². The van der Waals surface area contributed by atoms with Crippen molar-refractivity contribution >= 4 is 21.6 Å². The molecule has 0 aromatic heterocycles. The number of halogens is 1. The zero-order valence-electron chi connectivity index (χ0n) is 10.9. The highest BCUT2D eigenvalue weighted by Crippen LogP contribution is 2.13. The summed E-state index contributed by atoms with van der Waals surface area (Å²) in [4.78, 5) is 11.8. The quantitative estimate of drug-likeness (QED) is 0.900. The Morgan fingerprint density at radius 3 is 2.38 bits per heavy atom. The van der Waals surface area contributed by atoms with Gasteiger partial charge >= 0.3 is 0 Å². The van der Waals surface area contributed by atoms with Crippen LogP contribution in [0.5, 0.6) is 0 Å². The van der Waals surface area contributed by atoms with Crippen LogP contribution in [0, 0.1) is 5.82 Å². The lowest BCUT2D eigenvalue weighted by Crippen LogP contribution is -2.15. The van der Waals surface area contributed by atoms with Crippen molar-refractivity contribution in [2.45, 2.75) is 11.3 Å². The molecule has 0 atom stereocenters. The number of carbonyl (C=O) groups is 1. The number of anilines is 1. The summed E-state index contributed by atoms with van der Waals surface area (Å²) >= 11 is 0. The number of rotatable bonds is 4. The van der Waals surface area contributed by atoms with E-state index >= 15 is 0 Å². The van der Waals surface area contributed by atoms with Crippen molar-refractivity contribution in [3.63, 3.8) is 0 Å². The van der Waals surface area contributed by atoms with Gasteiger partial charge in [-0.25, -0.2) is 17.9 Å². The highest BCUT2D eigenvalue weighted by Gasteiger charge is 2.08. The molecule has 0 saturated carbocycles. The molecule has 0 aliphatic rings. The maximum atomic E-state index is 13.0. The van der Waals surface area contributed by atoms with Crippen LogP contribution >= 0.6 is 0 Å². The van der Waals surface area contributed by atoms with E-state index in [1.165, 1.54) is 42.5 Å². The highest BCUT2D eigenvalue weighted by molar-refractivity contribution is 7.89. The molecule has 0 saturated heterocycles. The van der Waals surface area contributed by atoms with Gasteiger partial charge in [0.15, 0.2) is 0 Å². The van der Waals surface area contributed by atoms with Crippen LogP contribution in [-0.4, -0.2) is 14.3 Å². The average molecular weight is 308 g/mol. The fourth-order valence-electron chi connectivity index (χ4n) is 1.77. The topological polar surface area (TPSA) is 89.3 Å². The Bertz CT molecular complexity index is 758. The molecular formula is C14H13FN2O3S. The molecular weight excluding hydrogens is 295 g/mol. The van der Waals surface area contributed by atoms with E-state index in [2.05, 4.69) is 5.32 Å². The molecule has 7 heteroatoms. The standard InChI is InChI=1S/C14H13FN2O3S/c15-11-3-1-2-10(8-11)9-14(18)17-12-4-6-13(7-5-12)21(16,19)20/h1-8H,9H2,(H,17,18)(H2,16,19,20). The SMILES string of the molecule is NS(=O)(=O)c1ccc(NC(=O)Cc2cccc(F)c2)cc1. The van der Waals surface area contributed by atoms with Gasteiger partial charge in [0.05, 0.1) is 11.3 Å². The van der Waals surface area contributed by atoms with Crippen LogP contribution in [0.1, 0.15) is 5.56 Å². The molecule has 0 radical (unpaired) electrons. The van der Waals surface area contributed by atoms with Gasteiger partial charge in [-0.1, -0.05) is 12.1 Å². The van der Waals surface area contributed by atoms with Gasteiger partial charge in [-0.05, 0) is 42.0 Å². The average Bonchev–Trinajstić information content (AvgIpc) is 2.38. The predicted octanol–water partition coefficient (Wildman–Crippen LogP) is 1.65. The molecule has 0 aliphatic carbocycles. The van der Waals surface area contributed by atoms with Crippen molar-refractivity contribution in [3.8, 4) is 0 Å². The Balaban J connectivity index is 2.03. The minimum Gasteiger partial charge on any atom is -0.326 e. The normalized spacial score (nSPS) is 11.1. The van der Waals surface area contributed by atoms with Crippen LogP contribution in [0.4, 0.5) is 10.1 Å². The van der Waals surface area contributed by atoms with Gasteiger partial charge in [-0.2, -0.15) is 0 Å². The maximum absolute atomic E-state index is 13.0. The molecule has 2 aromatic rings. The third kappa shape index (κ3) is 4.37. The van der Waals surface area contributed by atoms with Crippen LogP contribution in [0.3, 0.4) is 0 Å². The first kappa shape index (κ1) is 15.1. The summed E-state index contributed by atoms with van der Waals surface area (Å²) in [7, 11) is -3.76. The Labute approximate surface area is 121 Å². The zero-order chi connectivity index (χ0) is 15.5. The summed E-state index contributed by atoms with van der Waals surface area (Å²) in [5, 5.41) is 7.57. The number of nitrogens with two attached hydrogens (primary N) is 1. The van der Waals surface area contributed by atoms with E-state index in [4.69, 9.17) is 5.14 Å². The van der Waals surface area contributed by atoms with Gasteiger partial charge in [-0.15, -0.1) is 0 Å². The van der Waals surface area contributed by atoms with Crippen molar-refractivity contribution in [3.05, 3.63) is 59.9 Å². The number of hydrogen-bond donors (Lipinski definition) is 2. The highest BCUT2D eigenvalue weighted by atomic mass is 32.2. The molecule has 0 heterocycles. The number of sulfonamides is 1. The number of amides is 1. The van der Waals surface area contributed by atoms with Crippen molar-refractivity contribution in [1.29, 1.82) is 0 Å². The van der Waals surface area contributed by atoms with Crippen molar-refractivity contribution in [1.82, 2.24) is 0 Å². The second kappa shape index (κ2) is 6.02. The number of benzene rings is 2. The number of hydrogen-bond acceptors (Lipinski definition) is 3. The third-order valence-electron chi connectivity index (χ3n) is 2.72. The minimum atomic E-state index is -3.76. The maximum Gasteiger partial charge on any atom is 0.238 e. The number of carbonyl (C=O) groups excluding carboxylic acids is 1. The lowest BCUT2D eigenvalue weighted by Gasteiger charge is -2.06. The molecule has 5 nitrogen and oxygen atoms in total. The minimum absolute atomic E-state index is 0.0225. The van der Waals surface area contributed by atoms with E-state index in [1.807, 2.05) is 0 Å². The van der Waals surface area contributed by atoms with E-state index in [0.717, 1.165) is 0 Å². The largest absolute Gasteiger partial charge is 0.326 e. The fourth-order valence-corrected chi connectivity index (χ4v) is 2.28. The molecule has 0 unspecified atom stereocenters. The van der Waals surface area contributed by atoms with Crippen LogP contribution in [-0.2, 0) is 21.2 Å². The van der Waals surface area contributed by atoms with Crippen molar-refractivity contribution in [2.75, 3.05) is 5.32 Å². The first-order valence-corrected chi connectivity index (χ1v) is 7.56. The summed E-state index contributed by atoms with van der Waals surface area (Å²) in [6.45, 7) is 0. The third-order valence-corrected chi connectivity index (χ3v) is 3.65. The van der Waals surface area contributed by atoms with Crippen LogP contribution in [0.25, 0.3) is 0 Å². The van der Waals surface area contributed by atoms with Gasteiger partial charge in [-0.3, -0.25) is 4.79 Å².